The zero-order valence-corrected chi connectivity index (χ0v) is 16.0. The van der Waals surface area contributed by atoms with Gasteiger partial charge in [0.2, 0.25) is 5.91 Å². The number of nitrogens with zero attached hydrogens (tertiary/aromatic N) is 1. The number of ether oxygens (including phenoxy) is 1. The predicted octanol–water partition coefficient (Wildman–Crippen LogP) is 4.28. The minimum atomic E-state index is 0.0393. The second-order valence-corrected chi connectivity index (χ2v) is 7.77. The van der Waals surface area contributed by atoms with E-state index in [9.17, 15) is 4.79 Å². The molecule has 2 aromatic carbocycles. The highest BCUT2D eigenvalue weighted by Gasteiger charge is 2.17. The number of piperidine rings is 1. The lowest BCUT2D eigenvalue weighted by molar-refractivity contribution is -0.115. The summed E-state index contributed by atoms with van der Waals surface area (Å²) in [5.74, 6) is 1.68. The summed E-state index contributed by atoms with van der Waals surface area (Å²) >= 11 is 1.70. The molecule has 1 N–H and O–H groups in total. The van der Waals surface area contributed by atoms with Gasteiger partial charge >= 0.3 is 0 Å². The maximum atomic E-state index is 12.1. The molecule has 1 aliphatic heterocycles. The first-order valence-corrected chi connectivity index (χ1v) is 10.1. The average Bonchev–Trinajstić information content (AvgIpc) is 2.66. The number of carbonyl (C=O) groups is 1. The highest BCUT2D eigenvalue weighted by molar-refractivity contribution is 7.99. The maximum absolute atomic E-state index is 12.1. The summed E-state index contributed by atoms with van der Waals surface area (Å²) in [5.41, 5.74) is 0.815. The lowest BCUT2D eigenvalue weighted by Gasteiger charge is -2.29. The van der Waals surface area contributed by atoms with Crippen molar-refractivity contribution in [3.63, 3.8) is 0 Å². The summed E-state index contributed by atoms with van der Waals surface area (Å²) in [6.45, 7) is 2.17. The molecular weight excluding hydrogens is 344 g/mol. The van der Waals surface area contributed by atoms with Crippen molar-refractivity contribution in [1.29, 1.82) is 0 Å². The Balaban J connectivity index is 1.40. The van der Waals surface area contributed by atoms with Crippen molar-refractivity contribution in [1.82, 2.24) is 4.90 Å². The van der Waals surface area contributed by atoms with Crippen molar-refractivity contribution >= 4 is 23.4 Å². The van der Waals surface area contributed by atoms with E-state index in [1.807, 2.05) is 42.5 Å². The molecule has 1 aliphatic rings. The van der Waals surface area contributed by atoms with Gasteiger partial charge < -0.3 is 15.0 Å². The molecule has 0 spiro atoms. The van der Waals surface area contributed by atoms with Gasteiger partial charge in [-0.1, -0.05) is 18.2 Å². The molecule has 2 aromatic rings. The number of amides is 1. The third-order valence-corrected chi connectivity index (χ3v) is 5.46. The van der Waals surface area contributed by atoms with Crippen LogP contribution in [0.3, 0.4) is 0 Å². The first kappa shape index (κ1) is 18.8. The molecule has 0 bridgehead atoms. The first-order valence-electron chi connectivity index (χ1n) is 9.12. The van der Waals surface area contributed by atoms with Crippen LogP contribution in [0.5, 0.6) is 5.75 Å². The van der Waals surface area contributed by atoms with Crippen molar-refractivity contribution in [2.24, 2.45) is 0 Å². The Bertz CT molecular complexity index is 683. The maximum Gasteiger partial charge on any atom is 0.225 e. The average molecular weight is 371 g/mol. The van der Waals surface area contributed by atoms with E-state index in [2.05, 4.69) is 29.4 Å². The summed E-state index contributed by atoms with van der Waals surface area (Å²) < 4.78 is 6.03. The van der Waals surface area contributed by atoms with Gasteiger partial charge in [-0.2, -0.15) is 0 Å². The van der Waals surface area contributed by atoms with E-state index in [1.54, 1.807) is 11.8 Å². The largest absolute Gasteiger partial charge is 0.490 e. The number of likely N-dealkylation sites (tertiary alicyclic amines) is 1. The monoisotopic (exact) mass is 370 g/mol. The Morgan fingerprint density at radius 2 is 1.81 bits per heavy atom. The van der Waals surface area contributed by atoms with Crippen LogP contribution in [0.25, 0.3) is 0 Å². The number of anilines is 1. The molecule has 5 heteroatoms. The Morgan fingerprint density at radius 3 is 2.50 bits per heavy atom. The second kappa shape index (κ2) is 9.64. The van der Waals surface area contributed by atoms with E-state index >= 15 is 0 Å². The van der Waals surface area contributed by atoms with E-state index in [0.717, 1.165) is 43.1 Å². The molecule has 1 fully saturated rings. The van der Waals surface area contributed by atoms with Gasteiger partial charge in [-0.25, -0.2) is 0 Å². The van der Waals surface area contributed by atoms with E-state index in [0.29, 0.717) is 12.5 Å². The number of carbonyl (C=O) groups excluding carboxylic acids is 1. The van der Waals surface area contributed by atoms with Gasteiger partial charge in [0.05, 0.1) is 0 Å². The molecule has 4 nitrogen and oxygen atoms in total. The molecule has 0 aliphatic carbocycles. The number of hydrogen-bond donors (Lipinski definition) is 1. The van der Waals surface area contributed by atoms with Gasteiger partial charge in [-0.3, -0.25) is 4.79 Å². The lowest BCUT2D eigenvalue weighted by Crippen LogP contribution is -2.35. The number of rotatable bonds is 7. The molecular formula is C21H26N2O2S. The van der Waals surface area contributed by atoms with Gasteiger partial charge in [-0.05, 0) is 56.3 Å². The van der Waals surface area contributed by atoms with Crippen LogP contribution in [0.1, 0.15) is 19.3 Å². The lowest BCUT2D eigenvalue weighted by atomic mass is 10.1. The highest BCUT2D eigenvalue weighted by atomic mass is 32.2. The zero-order valence-electron chi connectivity index (χ0n) is 15.2. The molecule has 0 unspecified atom stereocenters. The van der Waals surface area contributed by atoms with Crippen LogP contribution in [0.4, 0.5) is 5.69 Å². The van der Waals surface area contributed by atoms with Crippen LogP contribution in [-0.2, 0) is 4.79 Å². The number of benzene rings is 2. The summed E-state index contributed by atoms with van der Waals surface area (Å²) in [4.78, 5) is 15.6. The smallest absolute Gasteiger partial charge is 0.225 e. The molecule has 0 radical (unpaired) electrons. The molecule has 26 heavy (non-hydrogen) atoms. The fourth-order valence-electron chi connectivity index (χ4n) is 2.91. The molecule has 0 aromatic heterocycles. The number of thioether (sulfide) groups is 1. The van der Waals surface area contributed by atoms with E-state index in [1.165, 1.54) is 4.90 Å². The Morgan fingerprint density at radius 1 is 1.12 bits per heavy atom. The first-order chi connectivity index (χ1) is 12.7. The van der Waals surface area contributed by atoms with Crippen molar-refractivity contribution in [3.05, 3.63) is 54.6 Å². The van der Waals surface area contributed by atoms with Crippen LogP contribution >= 0.6 is 11.8 Å². The third kappa shape index (κ3) is 6.07. The van der Waals surface area contributed by atoms with Crippen LogP contribution < -0.4 is 10.1 Å². The van der Waals surface area contributed by atoms with Crippen LogP contribution in [0.2, 0.25) is 0 Å². The number of nitrogens with one attached hydrogen (secondary N) is 1. The Hall–Kier alpha value is -1.98. The fourth-order valence-corrected chi connectivity index (χ4v) is 3.79. The SMILES string of the molecule is CN1CCC(Oc2ccc(NC(=O)CCSc3ccccc3)cc2)CC1. The molecule has 0 atom stereocenters. The van der Waals surface area contributed by atoms with E-state index < -0.39 is 0 Å². The predicted molar refractivity (Wildman–Crippen MR) is 108 cm³/mol. The van der Waals surface area contributed by atoms with E-state index in [-0.39, 0.29) is 5.91 Å². The summed E-state index contributed by atoms with van der Waals surface area (Å²) in [7, 11) is 2.14. The van der Waals surface area contributed by atoms with Crippen LogP contribution in [-0.4, -0.2) is 42.8 Å². The molecule has 0 saturated carbocycles. The van der Waals surface area contributed by atoms with Gasteiger partial charge in [-0.15, -0.1) is 11.8 Å². The minimum absolute atomic E-state index is 0.0393. The number of hydrogen-bond acceptors (Lipinski definition) is 4. The zero-order chi connectivity index (χ0) is 18.2. The Labute approximate surface area is 159 Å². The van der Waals surface area contributed by atoms with E-state index in [4.69, 9.17) is 4.74 Å². The van der Waals surface area contributed by atoms with Crippen molar-refractivity contribution in [2.45, 2.75) is 30.3 Å². The highest BCUT2D eigenvalue weighted by Crippen LogP contribution is 2.21. The molecule has 3 rings (SSSR count). The normalized spacial score (nSPS) is 15.6. The third-order valence-electron chi connectivity index (χ3n) is 4.45. The molecule has 138 valence electrons. The summed E-state index contributed by atoms with van der Waals surface area (Å²) in [6.07, 6.45) is 2.91. The van der Waals surface area contributed by atoms with Crippen molar-refractivity contribution < 1.29 is 9.53 Å². The molecule has 1 heterocycles. The Kier molecular flexibility index (Phi) is 6.97. The minimum Gasteiger partial charge on any atom is -0.490 e. The van der Waals surface area contributed by atoms with Crippen molar-refractivity contribution in [3.8, 4) is 5.75 Å². The van der Waals surface area contributed by atoms with Gasteiger partial charge in [0.15, 0.2) is 0 Å². The van der Waals surface area contributed by atoms with Crippen LogP contribution in [0.15, 0.2) is 59.5 Å². The topological polar surface area (TPSA) is 41.6 Å². The van der Waals surface area contributed by atoms with Gasteiger partial charge in [0.25, 0.3) is 0 Å². The van der Waals surface area contributed by atoms with Gasteiger partial charge in [0.1, 0.15) is 11.9 Å². The fraction of sp³-hybridized carbons (Fsp3) is 0.381. The quantitative estimate of drug-likeness (QED) is 0.739. The molecule has 1 amide bonds. The molecule has 1 saturated heterocycles. The summed E-state index contributed by atoms with van der Waals surface area (Å²) in [6, 6.07) is 17.8. The summed E-state index contributed by atoms with van der Waals surface area (Å²) in [5, 5.41) is 2.95. The van der Waals surface area contributed by atoms with Crippen LogP contribution in [0, 0.1) is 0 Å². The van der Waals surface area contributed by atoms with Crippen molar-refractivity contribution in [2.75, 3.05) is 31.2 Å². The standard InChI is InChI=1S/C21H26N2O2S/c1-23-14-11-19(12-15-23)25-18-9-7-17(8-10-18)22-21(24)13-16-26-20-5-3-2-4-6-20/h2-10,19H,11-16H2,1H3,(H,22,24). The van der Waals surface area contributed by atoms with Gasteiger partial charge in [0, 0.05) is 35.8 Å². The second-order valence-electron chi connectivity index (χ2n) is 6.60.